The average molecular weight is 239 g/mol. The molecule has 0 aliphatic heterocycles. The summed E-state index contributed by atoms with van der Waals surface area (Å²) in [5.41, 5.74) is 0.816. The molecule has 5 heteroatoms. The summed E-state index contributed by atoms with van der Waals surface area (Å²) < 4.78 is 15.3. The summed E-state index contributed by atoms with van der Waals surface area (Å²) in [5.74, 6) is 1.33. The van der Waals surface area contributed by atoms with Crippen molar-refractivity contribution in [3.8, 4) is 11.5 Å². The van der Waals surface area contributed by atoms with Gasteiger partial charge in [-0.15, -0.1) is 0 Å². The van der Waals surface area contributed by atoms with Crippen molar-refractivity contribution in [2.45, 2.75) is 6.61 Å². The summed E-state index contributed by atoms with van der Waals surface area (Å²) in [5, 5.41) is 0. The topological polar surface area (TPSA) is 48.0 Å². The third kappa shape index (κ3) is 3.86. The van der Waals surface area contributed by atoms with Crippen LogP contribution in [0.1, 0.15) is 5.56 Å². The lowest BCUT2D eigenvalue weighted by atomic mass is 10.2. The molecule has 1 aromatic carbocycles. The fraction of sp³-hybridized carbons (Fsp3) is 0.417. The van der Waals surface area contributed by atoms with Gasteiger partial charge < -0.3 is 19.1 Å². The number of ether oxygens (including phenoxy) is 3. The van der Waals surface area contributed by atoms with Crippen molar-refractivity contribution in [3.63, 3.8) is 0 Å². The lowest BCUT2D eigenvalue weighted by Crippen LogP contribution is -2.22. The van der Waals surface area contributed by atoms with Crippen molar-refractivity contribution < 1.29 is 19.0 Å². The molecule has 0 aliphatic carbocycles. The van der Waals surface area contributed by atoms with Crippen LogP contribution in [-0.4, -0.2) is 39.3 Å². The Morgan fingerprint density at radius 3 is 2.06 bits per heavy atom. The van der Waals surface area contributed by atoms with Crippen LogP contribution in [0.3, 0.4) is 0 Å². The first-order valence-corrected chi connectivity index (χ1v) is 5.13. The summed E-state index contributed by atoms with van der Waals surface area (Å²) in [7, 11) is 6.41. The smallest absolute Gasteiger partial charge is 0.409 e. The molecule has 0 fully saturated rings. The van der Waals surface area contributed by atoms with Crippen LogP contribution < -0.4 is 9.47 Å². The van der Waals surface area contributed by atoms with Crippen LogP contribution in [0.15, 0.2) is 18.2 Å². The molecule has 0 unspecified atom stereocenters. The maximum Gasteiger partial charge on any atom is 0.409 e. The summed E-state index contributed by atoms with van der Waals surface area (Å²) >= 11 is 0. The summed E-state index contributed by atoms with van der Waals surface area (Å²) in [6.07, 6.45) is -0.383. The lowest BCUT2D eigenvalue weighted by Gasteiger charge is -2.12. The van der Waals surface area contributed by atoms with E-state index in [1.807, 2.05) is 0 Å². The van der Waals surface area contributed by atoms with E-state index in [9.17, 15) is 4.79 Å². The van der Waals surface area contributed by atoms with Crippen LogP contribution in [0.2, 0.25) is 0 Å². The number of carbonyl (C=O) groups is 1. The summed E-state index contributed by atoms with van der Waals surface area (Å²) in [6.45, 7) is 0.185. The SMILES string of the molecule is COc1cc(COC(=O)N(C)C)cc(OC)c1. The Bertz CT molecular complexity index is 368. The molecule has 0 saturated carbocycles. The molecule has 0 bridgehead atoms. The van der Waals surface area contributed by atoms with Gasteiger partial charge >= 0.3 is 6.09 Å². The predicted octanol–water partition coefficient (Wildman–Crippen LogP) is 1.90. The Labute approximate surface area is 101 Å². The van der Waals surface area contributed by atoms with Crippen LogP contribution in [0, 0.1) is 0 Å². The number of hydrogen-bond acceptors (Lipinski definition) is 4. The molecule has 94 valence electrons. The Balaban J connectivity index is 2.73. The van der Waals surface area contributed by atoms with Crippen LogP contribution >= 0.6 is 0 Å². The molecule has 5 nitrogen and oxygen atoms in total. The van der Waals surface area contributed by atoms with E-state index in [-0.39, 0.29) is 12.7 Å². The Kier molecular flexibility index (Phi) is 4.63. The molecule has 1 amide bonds. The van der Waals surface area contributed by atoms with Gasteiger partial charge in [-0.05, 0) is 17.7 Å². The highest BCUT2D eigenvalue weighted by atomic mass is 16.6. The minimum atomic E-state index is -0.383. The highest BCUT2D eigenvalue weighted by Gasteiger charge is 2.07. The third-order valence-electron chi connectivity index (χ3n) is 2.14. The second-order valence-electron chi connectivity index (χ2n) is 3.67. The number of rotatable bonds is 4. The maximum atomic E-state index is 11.3. The van der Waals surface area contributed by atoms with Gasteiger partial charge in [0.15, 0.2) is 0 Å². The molecule has 0 N–H and O–H groups in total. The third-order valence-corrected chi connectivity index (χ3v) is 2.14. The van der Waals surface area contributed by atoms with Crippen LogP contribution in [0.5, 0.6) is 11.5 Å². The normalized spacial score (nSPS) is 9.65. The van der Waals surface area contributed by atoms with Crippen LogP contribution in [-0.2, 0) is 11.3 Å². The first-order valence-electron chi connectivity index (χ1n) is 5.13. The maximum absolute atomic E-state index is 11.3. The predicted molar refractivity (Wildman–Crippen MR) is 63.4 cm³/mol. The summed E-state index contributed by atoms with van der Waals surface area (Å²) in [6, 6.07) is 5.36. The van der Waals surface area contributed by atoms with Gasteiger partial charge in [0, 0.05) is 20.2 Å². The number of benzene rings is 1. The molecule has 0 aliphatic rings. The monoisotopic (exact) mass is 239 g/mol. The minimum absolute atomic E-state index is 0.185. The van der Waals surface area contributed by atoms with Crippen molar-refractivity contribution in [1.29, 1.82) is 0 Å². The Hall–Kier alpha value is -1.91. The number of carbonyl (C=O) groups excluding carboxylic acids is 1. The Morgan fingerprint density at radius 2 is 1.65 bits per heavy atom. The number of hydrogen-bond donors (Lipinski definition) is 0. The van der Waals surface area contributed by atoms with Gasteiger partial charge in [-0.25, -0.2) is 4.79 Å². The van der Waals surface area contributed by atoms with Crippen molar-refractivity contribution in [2.24, 2.45) is 0 Å². The molecule has 17 heavy (non-hydrogen) atoms. The van der Waals surface area contributed by atoms with E-state index in [1.54, 1.807) is 46.5 Å². The van der Waals surface area contributed by atoms with E-state index in [2.05, 4.69) is 0 Å². The van der Waals surface area contributed by atoms with Gasteiger partial charge in [-0.2, -0.15) is 0 Å². The number of methoxy groups -OCH3 is 2. The van der Waals surface area contributed by atoms with E-state index >= 15 is 0 Å². The number of nitrogens with zero attached hydrogens (tertiary/aromatic N) is 1. The van der Waals surface area contributed by atoms with Gasteiger partial charge in [0.05, 0.1) is 14.2 Å². The van der Waals surface area contributed by atoms with Crippen LogP contribution in [0.4, 0.5) is 4.79 Å². The lowest BCUT2D eigenvalue weighted by molar-refractivity contribution is 0.112. The van der Waals surface area contributed by atoms with E-state index in [0.717, 1.165) is 5.56 Å². The molecule has 0 radical (unpaired) electrons. The zero-order valence-electron chi connectivity index (χ0n) is 10.5. The zero-order valence-corrected chi connectivity index (χ0v) is 10.5. The molecular formula is C12H17NO4. The molecule has 0 atom stereocenters. The number of amides is 1. The van der Waals surface area contributed by atoms with Gasteiger partial charge in [0.1, 0.15) is 18.1 Å². The summed E-state index contributed by atoms with van der Waals surface area (Å²) in [4.78, 5) is 12.6. The molecule has 1 aromatic rings. The minimum Gasteiger partial charge on any atom is -0.497 e. The van der Waals surface area contributed by atoms with Gasteiger partial charge in [0.25, 0.3) is 0 Å². The highest BCUT2D eigenvalue weighted by molar-refractivity contribution is 5.66. The zero-order chi connectivity index (χ0) is 12.8. The first kappa shape index (κ1) is 13.2. The molecule has 0 spiro atoms. The molecule has 1 rings (SSSR count). The molecule has 0 aromatic heterocycles. The Morgan fingerprint density at radius 1 is 1.12 bits per heavy atom. The van der Waals surface area contributed by atoms with Gasteiger partial charge in [-0.3, -0.25) is 0 Å². The quantitative estimate of drug-likeness (QED) is 0.805. The fourth-order valence-corrected chi connectivity index (χ4v) is 1.22. The van der Waals surface area contributed by atoms with Gasteiger partial charge in [0.2, 0.25) is 0 Å². The second kappa shape index (κ2) is 5.98. The second-order valence-corrected chi connectivity index (χ2v) is 3.67. The van der Waals surface area contributed by atoms with E-state index < -0.39 is 0 Å². The van der Waals surface area contributed by atoms with E-state index in [0.29, 0.717) is 11.5 Å². The standard InChI is InChI=1S/C12H17NO4/c1-13(2)12(14)17-8-9-5-10(15-3)7-11(6-9)16-4/h5-7H,8H2,1-4H3. The highest BCUT2D eigenvalue weighted by Crippen LogP contribution is 2.22. The first-order chi connectivity index (χ1) is 8.06. The van der Waals surface area contributed by atoms with Crippen molar-refractivity contribution >= 4 is 6.09 Å². The van der Waals surface area contributed by atoms with E-state index in [4.69, 9.17) is 14.2 Å². The average Bonchev–Trinajstić information content (AvgIpc) is 2.35. The molecule has 0 heterocycles. The van der Waals surface area contributed by atoms with Crippen molar-refractivity contribution in [3.05, 3.63) is 23.8 Å². The molecule has 0 saturated heterocycles. The fourth-order valence-electron chi connectivity index (χ4n) is 1.22. The largest absolute Gasteiger partial charge is 0.497 e. The van der Waals surface area contributed by atoms with Gasteiger partial charge in [-0.1, -0.05) is 0 Å². The van der Waals surface area contributed by atoms with Crippen molar-refractivity contribution in [2.75, 3.05) is 28.3 Å². The van der Waals surface area contributed by atoms with E-state index in [1.165, 1.54) is 4.90 Å². The molecular weight excluding hydrogens is 222 g/mol. The van der Waals surface area contributed by atoms with Crippen LogP contribution in [0.25, 0.3) is 0 Å². The van der Waals surface area contributed by atoms with Crippen molar-refractivity contribution in [1.82, 2.24) is 4.90 Å².